The van der Waals surface area contributed by atoms with E-state index >= 15 is 0 Å². The van der Waals surface area contributed by atoms with E-state index in [0.717, 1.165) is 25.7 Å². The topological polar surface area (TPSA) is 89.3 Å². The molecule has 0 aliphatic carbocycles. The molecule has 22 heavy (non-hydrogen) atoms. The zero-order chi connectivity index (χ0) is 15.9. The van der Waals surface area contributed by atoms with E-state index < -0.39 is 0 Å². The molecule has 122 valence electrons. The Morgan fingerprint density at radius 3 is 3.00 bits per heavy atom. The average Bonchev–Trinajstić information content (AvgIpc) is 3.13. The zero-order valence-electron chi connectivity index (χ0n) is 13.2. The minimum atomic E-state index is -0.172. The smallest absolute Gasteiger partial charge is 0.315 e. The number of carbonyl (C=O) groups is 1. The molecule has 2 rings (SSSR count). The normalized spacial score (nSPS) is 22.3. The van der Waals surface area contributed by atoms with Crippen LogP contribution in [0.3, 0.4) is 0 Å². The Morgan fingerprint density at radius 1 is 1.55 bits per heavy atom. The molecule has 1 fully saturated rings. The number of nitrogens with zero attached hydrogens (tertiary/aromatic N) is 2. The van der Waals surface area contributed by atoms with Gasteiger partial charge in [0.05, 0.1) is 6.10 Å². The highest BCUT2D eigenvalue weighted by molar-refractivity contribution is 5.74. The molecule has 0 spiro atoms. The molecule has 0 radical (unpaired) electrons. The third-order valence-corrected chi connectivity index (χ3v) is 3.70. The van der Waals surface area contributed by atoms with Crippen LogP contribution in [-0.4, -0.2) is 34.9 Å². The number of rotatable bonds is 7. The molecule has 7 nitrogen and oxygen atoms in total. The molecule has 7 heteroatoms. The van der Waals surface area contributed by atoms with Gasteiger partial charge in [-0.25, -0.2) is 4.79 Å². The van der Waals surface area contributed by atoms with Crippen molar-refractivity contribution in [1.29, 1.82) is 0 Å². The summed E-state index contributed by atoms with van der Waals surface area (Å²) >= 11 is 0. The number of ether oxygens (including phenoxy) is 1. The molecule has 1 aromatic rings. The molecule has 2 amide bonds. The SMILES string of the molecule is C=CC[C@H](CC)NC(=O)NC[C@H]1CC[C@@H](c2nc(C)no2)O1. The number of amides is 2. The van der Waals surface area contributed by atoms with Crippen molar-refractivity contribution in [3.63, 3.8) is 0 Å². The largest absolute Gasteiger partial charge is 0.363 e. The molecule has 0 saturated carbocycles. The predicted molar refractivity (Wildman–Crippen MR) is 81.3 cm³/mol. The minimum Gasteiger partial charge on any atom is -0.363 e. The van der Waals surface area contributed by atoms with Gasteiger partial charge in [-0.1, -0.05) is 18.2 Å². The fourth-order valence-electron chi connectivity index (χ4n) is 2.45. The summed E-state index contributed by atoms with van der Waals surface area (Å²) in [6.45, 7) is 7.97. The first kappa shape index (κ1) is 16.5. The zero-order valence-corrected chi connectivity index (χ0v) is 13.2. The standard InChI is InChI=1S/C15H24N4O3/c1-4-6-11(5-2)18-15(20)16-9-12-7-8-13(21-12)14-17-10(3)19-22-14/h4,11-13H,1,5-9H2,2-3H3,(H2,16,18,20)/t11-,12+,13-/m0/s1. The number of carbonyl (C=O) groups excluding carboxylic acids is 1. The fraction of sp³-hybridized carbons (Fsp3) is 0.667. The van der Waals surface area contributed by atoms with Crippen LogP contribution in [0.1, 0.15) is 50.4 Å². The van der Waals surface area contributed by atoms with Crippen molar-refractivity contribution < 1.29 is 14.1 Å². The lowest BCUT2D eigenvalue weighted by Gasteiger charge is -2.17. The van der Waals surface area contributed by atoms with Crippen LogP contribution in [-0.2, 0) is 4.74 Å². The van der Waals surface area contributed by atoms with Gasteiger partial charge in [-0.2, -0.15) is 4.98 Å². The molecule has 1 aliphatic heterocycles. The van der Waals surface area contributed by atoms with Gasteiger partial charge < -0.3 is 19.9 Å². The molecular formula is C15H24N4O3. The summed E-state index contributed by atoms with van der Waals surface area (Å²) < 4.78 is 11.0. The minimum absolute atomic E-state index is 0.0255. The molecular weight excluding hydrogens is 284 g/mol. The predicted octanol–water partition coefficient (Wildman–Crippen LogP) is 2.25. The third kappa shape index (κ3) is 4.56. The average molecular weight is 308 g/mol. The van der Waals surface area contributed by atoms with Crippen LogP contribution in [0.5, 0.6) is 0 Å². The van der Waals surface area contributed by atoms with E-state index in [1.807, 2.05) is 13.0 Å². The quantitative estimate of drug-likeness (QED) is 0.754. The second kappa shape index (κ2) is 7.93. The van der Waals surface area contributed by atoms with Crippen molar-refractivity contribution >= 4 is 6.03 Å². The Kier molecular flexibility index (Phi) is 5.94. The number of aryl methyl sites for hydroxylation is 1. The maximum absolute atomic E-state index is 11.8. The van der Waals surface area contributed by atoms with Gasteiger partial charge in [0.15, 0.2) is 5.82 Å². The van der Waals surface area contributed by atoms with Gasteiger partial charge in [-0.05, 0) is 32.6 Å². The second-order valence-corrected chi connectivity index (χ2v) is 5.49. The highest BCUT2D eigenvalue weighted by Gasteiger charge is 2.30. The molecule has 1 aliphatic rings. The van der Waals surface area contributed by atoms with Gasteiger partial charge in [0.1, 0.15) is 6.10 Å². The van der Waals surface area contributed by atoms with Crippen LogP contribution in [0.15, 0.2) is 17.2 Å². The van der Waals surface area contributed by atoms with Crippen LogP contribution < -0.4 is 10.6 Å². The summed E-state index contributed by atoms with van der Waals surface area (Å²) in [4.78, 5) is 16.0. The van der Waals surface area contributed by atoms with Crippen LogP contribution in [0.25, 0.3) is 0 Å². The third-order valence-electron chi connectivity index (χ3n) is 3.70. The second-order valence-electron chi connectivity index (χ2n) is 5.49. The summed E-state index contributed by atoms with van der Waals surface area (Å²) in [5, 5.41) is 9.54. The Balaban J connectivity index is 1.71. The van der Waals surface area contributed by atoms with Crippen LogP contribution in [0, 0.1) is 6.92 Å². The van der Waals surface area contributed by atoms with Crippen molar-refractivity contribution in [1.82, 2.24) is 20.8 Å². The Labute approximate surface area is 130 Å². The van der Waals surface area contributed by atoms with Crippen molar-refractivity contribution in [2.45, 2.75) is 57.8 Å². The van der Waals surface area contributed by atoms with Crippen LogP contribution >= 0.6 is 0 Å². The Bertz CT molecular complexity index is 503. The maximum Gasteiger partial charge on any atom is 0.315 e. The summed E-state index contributed by atoms with van der Waals surface area (Å²) in [5.74, 6) is 1.12. The lowest BCUT2D eigenvalue weighted by molar-refractivity contribution is 0.0277. The van der Waals surface area contributed by atoms with E-state index in [-0.39, 0.29) is 24.3 Å². The highest BCUT2D eigenvalue weighted by Crippen LogP contribution is 2.31. The number of hydrogen-bond donors (Lipinski definition) is 2. The van der Waals surface area contributed by atoms with E-state index in [1.54, 1.807) is 6.92 Å². The highest BCUT2D eigenvalue weighted by atomic mass is 16.5. The van der Waals surface area contributed by atoms with Crippen LogP contribution in [0.2, 0.25) is 0 Å². The molecule has 0 bridgehead atoms. The molecule has 0 unspecified atom stereocenters. The lowest BCUT2D eigenvalue weighted by atomic mass is 10.1. The molecule has 3 atom stereocenters. The van der Waals surface area contributed by atoms with Crippen LogP contribution in [0.4, 0.5) is 4.79 Å². The molecule has 0 aromatic carbocycles. The maximum atomic E-state index is 11.8. The van der Waals surface area contributed by atoms with Gasteiger partial charge in [0.25, 0.3) is 5.89 Å². The Hall–Kier alpha value is -1.89. The van der Waals surface area contributed by atoms with Crippen molar-refractivity contribution in [2.24, 2.45) is 0 Å². The molecule has 2 heterocycles. The first-order chi connectivity index (χ1) is 10.6. The summed E-state index contributed by atoms with van der Waals surface area (Å²) in [6.07, 6.45) is 4.94. The molecule has 1 aromatic heterocycles. The number of urea groups is 1. The van der Waals surface area contributed by atoms with Gasteiger partial charge in [0.2, 0.25) is 0 Å². The summed E-state index contributed by atoms with van der Waals surface area (Å²) in [6, 6.07) is -0.0505. The first-order valence-electron chi connectivity index (χ1n) is 7.73. The first-order valence-corrected chi connectivity index (χ1v) is 7.73. The van der Waals surface area contributed by atoms with Crippen molar-refractivity contribution in [2.75, 3.05) is 6.54 Å². The van der Waals surface area contributed by atoms with E-state index in [0.29, 0.717) is 18.3 Å². The molecule has 1 saturated heterocycles. The lowest BCUT2D eigenvalue weighted by Crippen LogP contribution is -2.44. The van der Waals surface area contributed by atoms with Gasteiger partial charge in [-0.3, -0.25) is 0 Å². The van der Waals surface area contributed by atoms with Gasteiger partial charge in [-0.15, -0.1) is 6.58 Å². The number of hydrogen-bond acceptors (Lipinski definition) is 5. The monoisotopic (exact) mass is 308 g/mol. The fourth-order valence-corrected chi connectivity index (χ4v) is 2.45. The number of nitrogens with one attached hydrogen (secondary N) is 2. The van der Waals surface area contributed by atoms with E-state index in [9.17, 15) is 4.79 Å². The van der Waals surface area contributed by atoms with Crippen molar-refractivity contribution in [3.05, 3.63) is 24.4 Å². The Morgan fingerprint density at radius 2 is 2.36 bits per heavy atom. The molecule has 2 N–H and O–H groups in total. The summed E-state index contributed by atoms with van der Waals surface area (Å²) in [7, 11) is 0. The number of aromatic nitrogens is 2. The van der Waals surface area contributed by atoms with E-state index in [4.69, 9.17) is 9.26 Å². The van der Waals surface area contributed by atoms with Crippen molar-refractivity contribution in [3.8, 4) is 0 Å². The van der Waals surface area contributed by atoms with E-state index in [1.165, 1.54) is 0 Å². The summed E-state index contributed by atoms with van der Waals surface area (Å²) in [5.41, 5.74) is 0. The van der Waals surface area contributed by atoms with Gasteiger partial charge in [0, 0.05) is 12.6 Å². The van der Waals surface area contributed by atoms with Gasteiger partial charge >= 0.3 is 6.03 Å². The van der Waals surface area contributed by atoms with E-state index in [2.05, 4.69) is 27.4 Å².